The van der Waals surface area contributed by atoms with Gasteiger partial charge >= 0.3 is 6.09 Å². The van der Waals surface area contributed by atoms with E-state index >= 15 is 0 Å². The van der Waals surface area contributed by atoms with Gasteiger partial charge in [-0.2, -0.15) is 0 Å². The fourth-order valence-electron chi connectivity index (χ4n) is 2.10. The van der Waals surface area contributed by atoms with Crippen LogP contribution in [0.4, 0.5) is 16.2 Å². The molecular formula is C19H24N2O3. The van der Waals surface area contributed by atoms with Crippen LogP contribution in [0.3, 0.4) is 0 Å². The summed E-state index contributed by atoms with van der Waals surface area (Å²) in [6.07, 6.45) is -0.470. The molecular weight excluding hydrogens is 304 g/mol. The number of anilines is 2. The Bertz CT molecular complexity index is 736. The Morgan fingerprint density at radius 3 is 2.42 bits per heavy atom. The number of carbonyl (C=O) groups is 1. The quantitative estimate of drug-likeness (QED) is 0.826. The molecule has 0 unspecified atom stereocenters. The van der Waals surface area contributed by atoms with E-state index in [9.17, 15) is 4.79 Å². The first-order valence-corrected chi connectivity index (χ1v) is 7.77. The predicted molar refractivity (Wildman–Crippen MR) is 96.7 cm³/mol. The molecule has 0 saturated heterocycles. The summed E-state index contributed by atoms with van der Waals surface area (Å²) in [6, 6.07) is 12.9. The smallest absolute Gasteiger partial charge is 0.414 e. The van der Waals surface area contributed by atoms with E-state index in [4.69, 9.17) is 15.2 Å². The molecule has 2 aromatic carbocycles. The molecule has 0 aromatic heterocycles. The molecule has 0 radical (unpaired) electrons. The molecule has 0 atom stereocenters. The summed E-state index contributed by atoms with van der Waals surface area (Å²) in [5.74, 6) is 1.36. The number of hydrogen-bond acceptors (Lipinski definition) is 4. The molecule has 0 saturated carbocycles. The Labute approximate surface area is 143 Å². The number of amides is 1. The van der Waals surface area contributed by atoms with Crippen LogP contribution in [0.2, 0.25) is 0 Å². The van der Waals surface area contributed by atoms with Gasteiger partial charge in [0.2, 0.25) is 0 Å². The van der Waals surface area contributed by atoms with Crippen molar-refractivity contribution >= 4 is 17.5 Å². The van der Waals surface area contributed by atoms with Gasteiger partial charge in [0, 0.05) is 13.1 Å². The fraction of sp³-hybridized carbons (Fsp3) is 0.316. The Kier molecular flexibility index (Phi) is 5.02. The standard InChI is InChI=1S/C19H24N2O3/c1-13-8-6-7-9-17(13)23-14-10-11-15(20)16(12-14)21(5)18(22)24-19(2,3)4/h6-12H,20H2,1-5H3. The average Bonchev–Trinajstić information content (AvgIpc) is 2.49. The van der Waals surface area contributed by atoms with Crippen LogP contribution in [0.1, 0.15) is 26.3 Å². The van der Waals surface area contributed by atoms with Gasteiger partial charge < -0.3 is 15.2 Å². The normalized spacial score (nSPS) is 11.0. The van der Waals surface area contributed by atoms with Crippen LogP contribution in [0.25, 0.3) is 0 Å². The number of ether oxygens (including phenoxy) is 2. The first-order chi connectivity index (χ1) is 11.2. The zero-order valence-electron chi connectivity index (χ0n) is 14.8. The van der Waals surface area contributed by atoms with E-state index in [0.717, 1.165) is 11.3 Å². The summed E-state index contributed by atoms with van der Waals surface area (Å²) >= 11 is 0. The van der Waals surface area contributed by atoms with Gasteiger partial charge in [-0.15, -0.1) is 0 Å². The number of benzene rings is 2. The minimum Gasteiger partial charge on any atom is -0.457 e. The van der Waals surface area contributed by atoms with Crippen molar-refractivity contribution in [2.45, 2.75) is 33.3 Å². The van der Waals surface area contributed by atoms with Crippen LogP contribution >= 0.6 is 0 Å². The first-order valence-electron chi connectivity index (χ1n) is 7.77. The lowest BCUT2D eigenvalue weighted by Gasteiger charge is -2.25. The van der Waals surface area contributed by atoms with Crippen LogP contribution in [0.15, 0.2) is 42.5 Å². The molecule has 128 valence electrons. The van der Waals surface area contributed by atoms with Crippen molar-refractivity contribution in [3.8, 4) is 11.5 Å². The highest BCUT2D eigenvalue weighted by molar-refractivity contribution is 5.91. The Morgan fingerprint density at radius 1 is 1.12 bits per heavy atom. The van der Waals surface area contributed by atoms with E-state index in [0.29, 0.717) is 17.1 Å². The molecule has 2 N–H and O–H groups in total. The minimum absolute atomic E-state index is 0.470. The number of hydrogen-bond donors (Lipinski definition) is 1. The molecule has 0 aliphatic rings. The van der Waals surface area contributed by atoms with Crippen molar-refractivity contribution in [2.75, 3.05) is 17.7 Å². The van der Waals surface area contributed by atoms with E-state index in [-0.39, 0.29) is 0 Å². The maximum Gasteiger partial charge on any atom is 0.414 e. The topological polar surface area (TPSA) is 64.8 Å². The second-order valence-electron chi connectivity index (χ2n) is 6.63. The molecule has 5 heteroatoms. The third-order valence-electron chi connectivity index (χ3n) is 3.35. The van der Waals surface area contributed by atoms with Gasteiger partial charge in [-0.25, -0.2) is 4.79 Å². The largest absolute Gasteiger partial charge is 0.457 e. The lowest BCUT2D eigenvalue weighted by Crippen LogP contribution is -2.34. The van der Waals surface area contributed by atoms with Gasteiger partial charge in [-0.3, -0.25) is 4.90 Å². The molecule has 2 aromatic rings. The molecule has 0 aliphatic heterocycles. The maximum atomic E-state index is 12.2. The first kappa shape index (κ1) is 17.7. The molecule has 2 rings (SSSR count). The second-order valence-corrected chi connectivity index (χ2v) is 6.63. The second kappa shape index (κ2) is 6.83. The number of rotatable bonds is 3. The number of nitrogens with zero attached hydrogens (tertiary/aromatic N) is 1. The lowest BCUT2D eigenvalue weighted by molar-refractivity contribution is 0.0589. The molecule has 5 nitrogen and oxygen atoms in total. The molecule has 0 fully saturated rings. The van der Waals surface area contributed by atoms with Gasteiger partial charge in [0.05, 0.1) is 11.4 Å². The molecule has 0 spiro atoms. The predicted octanol–water partition coefficient (Wildman–Crippen LogP) is 4.74. The van der Waals surface area contributed by atoms with Crippen LogP contribution in [0.5, 0.6) is 11.5 Å². The average molecular weight is 328 g/mol. The summed E-state index contributed by atoms with van der Waals surface area (Å²) in [5, 5.41) is 0. The number of para-hydroxylation sites is 1. The fourth-order valence-corrected chi connectivity index (χ4v) is 2.10. The van der Waals surface area contributed by atoms with Crippen LogP contribution < -0.4 is 15.4 Å². The third kappa shape index (κ3) is 4.41. The summed E-state index contributed by atoms with van der Waals surface area (Å²) in [5.41, 5.74) is 7.47. The van der Waals surface area contributed by atoms with E-state index in [1.54, 1.807) is 25.2 Å². The number of carbonyl (C=O) groups excluding carboxylic acids is 1. The lowest BCUT2D eigenvalue weighted by atomic mass is 10.2. The highest BCUT2D eigenvalue weighted by Gasteiger charge is 2.22. The molecule has 0 heterocycles. The summed E-state index contributed by atoms with van der Waals surface area (Å²) in [4.78, 5) is 13.6. The monoisotopic (exact) mass is 328 g/mol. The highest BCUT2D eigenvalue weighted by Crippen LogP contribution is 2.32. The van der Waals surface area contributed by atoms with Crippen LogP contribution in [-0.4, -0.2) is 18.7 Å². The number of nitrogens with two attached hydrogens (primary N) is 1. The van der Waals surface area contributed by atoms with Crippen molar-refractivity contribution in [1.29, 1.82) is 0 Å². The van der Waals surface area contributed by atoms with Crippen LogP contribution in [-0.2, 0) is 4.74 Å². The highest BCUT2D eigenvalue weighted by atomic mass is 16.6. The third-order valence-corrected chi connectivity index (χ3v) is 3.35. The van der Waals surface area contributed by atoms with E-state index < -0.39 is 11.7 Å². The number of aryl methyl sites for hydroxylation is 1. The maximum absolute atomic E-state index is 12.2. The minimum atomic E-state index is -0.574. The van der Waals surface area contributed by atoms with Crippen molar-refractivity contribution < 1.29 is 14.3 Å². The molecule has 0 aliphatic carbocycles. The Morgan fingerprint density at radius 2 is 1.79 bits per heavy atom. The summed E-state index contributed by atoms with van der Waals surface area (Å²) < 4.78 is 11.3. The van der Waals surface area contributed by atoms with Gasteiger partial charge in [0.25, 0.3) is 0 Å². The van der Waals surface area contributed by atoms with E-state index in [1.807, 2.05) is 52.0 Å². The van der Waals surface area contributed by atoms with Crippen molar-refractivity contribution in [1.82, 2.24) is 0 Å². The van der Waals surface area contributed by atoms with Gasteiger partial charge in [-0.1, -0.05) is 18.2 Å². The zero-order chi connectivity index (χ0) is 17.9. The van der Waals surface area contributed by atoms with Gasteiger partial charge in [-0.05, 0) is 51.5 Å². The zero-order valence-corrected chi connectivity index (χ0v) is 14.8. The van der Waals surface area contributed by atoms with E-state index in [2.05, 4.69) is 0 Å². The van der Waals surface area contributed by atoms with Gasteiger partial charge in [0.1, 0.15) is 17.1 Å². The Balaban J connectivity index is 2.25. The summed E-state index contributed by atoms with van der Waals surface area (Å²) in [6.45, 7) is 7.43. The molecule has 0 bridgehead atoms. The summed E-state index contributed by atoms with van der Waals surface area (Å²) in [7, 11) is 1.62. The number of nitrogen functional groups attached to an aromatic ring is 1. The van der Waals surface area contributed by atoms with Crippen molar-refractivity contribution in [3.63, 3.8) is 0 Å². The van der Waals surface area contributed by atoms with Crippen LogP contribution in [0, 0.1) is 6.92 Å². The molecule has 1 amide bonds. The van der Waals surface area contributed by atoms with E-state index in [1.165, 1.54) is 4.90 Å². The van der Waals surface area contributed by atoms with Gasteiger partial charge in [0.15, 0.2) is 0 Å². The SMILES string of the molecule is Cc1ccccc1Oc1ccc(N)c(N(C)C(=O)OC(C)(C)C)c1. The molecule has 24 heavy (non-hydrogen) atoms. The van der Waals surface area contributed by atoms with Crippen molar-refractivity contribution in [3.05, 3.63) is 48.0 Å². The van der Waals surface area contributed by atoms with Crippen molar-refractivity contribution in [2.24, 2.45) is 0 Å². The Hall–Kier alpha value is -2.69.